The Morgan fingerprint density at radius 3 is 2.44 bits per heavy atom. The van der Waals surface area contributed by atoms with Crippen LogP contribution in [0.3, 0.4) is 0 Å². The zero-order chi connectivity index (χ0) is 12.1. The summed E-state index contributed by atoms with van der Waals surface area (Å²) in [6, 6.07) is 7.28. The van der Waals surface area contributed by atoms with Gasteiger partial charge in [0.1, 0.15) is 0 Å². The first-order valence-corrected chi connectivity index (χ1v) is 5.06. The van der Waals surface area contributed by atoms with Crippen LogP contribution in [0.15, 0.2) is 24.3 Å². The lowest BCUT2D eigenvalue weighted by Gasteiger charge is -2.11. The van der Waals surface area contributed by atoms with Crippen molar-refractivity contribution in [3.05, 3.63) is 35.4 Å². The highest BCUT2D eigenvalue weighted by molar-refractivity contribution is 5.97. The van der Waals surface area contributed by atoms with Crippen LogP contribution in [0.2, 0.25) is 0 Å². The van der Waals surface area contributed by atoms with E-state index in [-0.39, 0.29) is 18.4 Å². The van der Waals surface area contributed by atoms with E-state index < -0.39 is 0 Å². The molecule has 0 aliphatic rings. The molecular weight excluding hydrogens is 204 g/mol. The van der Waals surface area contributed by atoms with Crippen molar-refractivity contribution < 1.29 is 9.59 Å². The summed E-state index contributed by atoms with van der Waals surface area (Å²) in [6.07, 6.45) is 0. The highest BCUT2D eigenvalue weighted by Crippen LogP contribution is 2.06. The number of hydrogen-bond donors (Lipinski definition) is 1. The first-order chi connectivity index (χ1) is 7.52. The summed E-state index contributed by atoms with van der Waals surface area (Å²) in [6.45, 7) is 1.89. The van der Waals surface area contributed by atoms with Crippen LogP contribution in [0.5, 0.6) is 0 Å². The standard InChI is InChI=1S/C12H16N2O2/c1-9-6-4-5-7-10(9)12(16)13-8-11(15)14(2)3/h4-7H,8H2,1-3H3,(H,13,16). The van der Waals surface area contributed by atoms with Crippen LogP contribution >= 0.6 is 0 Å². The molecule has 2 amide bonds. The summed E-state index contributed by atoms with van der Waals surface area (Å²) in [5.74, 6) is -0.338. The fourth-order valence-electron chi connectivity index (χ4n) is 1.24. The molecule has 4 heteroatoms. The third kappa shape index (κ3) is 3.08. The minimum absolute atomic E-state index is 0.0279. The van der Waals surface area contributed by atoms with Gasteiger partial charge >= 0.3 is 0 Å². The second-order valence-corrected chi connectivity index (χ2v) is 3.79. The van der Waals surface area contributed by atoms with E-state index in [1.807, 2.05) is 19.1 Å². The topological polar surface area (TPSA) is 49.4 Å². The van der Waals surface area contributed by atoms with Crippen molar-refractivity contribution in [2.24, 2.45) is 0 Å². The first-order valence-electron chi connectivity index (χ1n) is 5.06. The van der Waals surface area contributed by atoms with Crippen LogP contribution in [-0.4, -0.2) is 37.4 Å². The number of likely N-dealkylation sites (N-methyl/N-ethyl adjacent to an activating group) is 1. The van der Waals surface area contributed by atoms with Gasteiger partial charge in [-0.05, 0) is 18.6 Å². The number of nitrogens with one attached hydrogen (secondary N) is 1. The van der Waals surface area contributed by atoms with Gasteiger partial charge < -0.3 is 10.2 Å². The van der Waals surface area contributed by atoms with Crippen molar-refractivity contribution in [1.82, 2.24) is 10.2 Å². The summed E-state index contributed by atoms with van der Waals surface area (Å²) in [7, 11) is 3.31. The quantitative estimate of drug-likeness (QED) is 0.819. The Labute approximate surface area is 95.3 Å². The minimum atomic E-state index is -0.215. The SMILES string of the molecule is Cc1ccccc1C(=O)NCC(=O)N(C)C. The highest BCUT2D eigenvalue weighted by atomic mass is 16.2. The maximum absolute atomic E-state index is 11.7. The van der Waals surface area contributed by atoms with Crippen molar-refractivity contribution in [3.8, 4) is 0 Å². The molecule has 1 aromatic rings. The molecule has 0 aliphatic carbocycles. The second-order valence-electron chi connectivity index (χ2n) is 3.79. The lowest BCUT2D eigenvalue weighted by Crippen LogP contribution is -2.36. The monoisotopic (exact) mass is 220 g/mol. The number of nitrogens with zero attached hydrogens (tertiary/aromatic N) is 1. The predicted molar refractivity (Wildman–Crippen MR) is 62.2 cm³/mol. The summed E-state index contributed by atoms with van der Waals surface area (Å²) in [5.41, 5.74) is 1.51. The van der Waals surface area contributed by atoms with E-state index in [1.165, 1.54) is 4.90 Å². The van der Waals surface area contributed by atoms with Gasteiger partial charge in [0, 0.05) is 19.7 Å². The van der Waals surface area contributed by atoms with Crippen molar-refractivity contribution >= 4 is 11.8 Å². The Morgan fingerprint density at radius 1 is 1.25 bits per heavy atom. The van der Waals surface area contributed by atoms with Crippen LogP contribution in [0.25, 0.3) is 0 Å². The maximum Gasteiger partial charge on any atom is 0.251 e. The minimum Gasteiger partial charge on any atom is -0.347 e. The Balaban J connectivity index is 2.60. The van der Waals surface area contributed by atoms with E-state index in [9.17, 15) is 9.59 Å². The number of amides is 2. The molecule has 0 unspecified atom stereocenters. The molecule has 0 aromatic heterocycles. The van der Waals surface area contributed by atoms with Crippen LogP contribution in [-0.2, 0) is 4.79 Å². The number of aryl methyl sites for hydroxylation is 1. The van der Waals surface area contributed by atoms with Crippen molar-refractivity contribution in [2.45, 2.75) is 6.92 Å². The molecule has 1 N–H and O–H groups in total. The molecule has 0 bridgehead atoms. The van der Waals surface area contributed by atoms with Crippen LogP contribution in [0.1, 0.15) is 15.9 Å². The molecular formula is C12H16N2O2. The summed E-state index contributed by atoms with van der Waals surface area (Å²) < 4.78 is 0. The van der Waals surface area contributed by atoms with Gasteiger partial charge in [-0.25, -0.2) is 0 Å². The fourth-order valence-corrected chi connectivity index (χ4v) is 1.24. The normalized spacial score (nSPS) is 9.69. The van der Waals surface area contributed by atoms with Gasteiger partial charge in [0.15, 0.2) is 0 Å². The summed E-state index contributed by atoms with van der Waals surface area (Å²) >= 11 is 0. The maximum atomic E-state index is 11.7. The molecule has 4 nitrogen and oxygen atoms in total. The third-order valence-corrected chi connectivity index (χ3v) is 2.29. The zero-order valence-corrected chi connectivity index (χ0v) is 9.78. The molecule has 1 aromatic carbocycles. The van der Waals surface area contributed by atoms with Crippen LogP contribution in [0.4, 0.5) is 0 Å². The van der Waals surface area contributed by atoms with Crippen LogP contribution in [0, 0.1) is 6.92 Å². The van der Waals surface area contributed by atoms with E-state index in [4.69, 9.17) is 0 Å². The van der Waals surface area contributed by atoms with Gasteiger partial charge in [-0.1, -0.05) is 18.2 Å². The Morgan fingerprint density at radius 2 is 1.88 bits per heavy atom. The van der Waals surface area contributed by atoms with Crippen molar-refractivity contribution in [3.63, 3.8) is 0 Å². The lowest BCUT2D eigenvalue weighted by atomic mass is 10.1. The molecule has 0 saturated heterocycles. The first kappa shape index (κ1) is 12.2. The summed E-state index contributed by atoms with van der Waals surface area (Å²) in [4.78, 5) is 24.4. The molecule has 0 atom stereocenters. The zero-order valence-electron chi connectivity index (χ0n) is 9.78. The number of hydrogen-bond acceptors (Lipinski definition) is 2. The van der Waals surface area contributed by atoms with Gasteiger partial charge in [-0.15, -0.1) is 0 Å². The molecule has 0 aliphatic heterocycles. The second kappa shape index (κ2) is 5.30. The Hall–Kier alpha value is -1.84. The Kier molecular flexibility index (Phi) is 4.05. The van der Waals surface area contributed by atoms with Crippen molar-refractivity contribution in [1.29, 1.82) is 0 Å². The largest absolute Gasteiger partial charge is 0.347 e. The molecule has 0 fully saturated rings. The molecule has 0 radical (unpaired) electrons. The molecule has 0 spiro atoms. The number of carbonyl (C=O) groups is 2. The Bertz CT molecular complexity index is 400. The molecule has 1 rings (SSSR count). The van der Waals surface area contributed by atoms with Crippen molar-refractivity contribution in [2.75, 3.05) is 20.6 Å². The average molecular weight is 220 g/mol. The van der Waals surface area contributed by atoms with Gasteiger partial charge in [0.25, 0.3) is 5.91 Å². The van der Waals surface area contributed by atoms with E-state index in [0.29, 0.717) is 5.56 Å². The van der Waals surface area contributed by atoms with Gasteiger partial charge in [0.2, 0.25) is 5.91 Å². The average Bonchev–Trinajstić information content (AvgIpc) is 2.25. The number of rotatable bonds is 3. The van der Waals surface area contributed by atoms with Gasteiger partial charge in [-0.3, -0.25) is 9.59 Å². The number of carbonyl (C=O) groups excluding carboxylic acids is 2. The highest BCUT2D eigenvalue weighted by Gasteiger charge is 2.10. The molecule has 86 valence electrons. The summed E-state index contributed by atoms with van der Waals surface area (Å²) in [5, 5.41) is 2.59. The predicted octanol–water partition coefficient (Wildman–Crippen LogP) is 0.813. The molecule has 16 heavy (non-hydrogen) atoms. The van der Waals surface area contributed by atoms with Crippen LogP contribution < -0.4 is 5.32 Å². The van der Waals surface area contributed by atoms with E-state index in [2.05, 4.69) is 5.32 Å². The fraction of sp³-hybridized carbons (Fsp3) is 0.333. The molecule has 0 heterocycles. The van der Waals surface area contributed by atoms with Gasteiger partial charge in [0.05, 0.1) is 6.54 Å². The number of benzene rings is 1. The smallest absolute Gasteiger partial charge is 0.251 e. The third-order valence-electron chi connectivity index (χ3n) is 2.29. The molecule has 0 saturated carbocycles. The van der Waals surface area contributed by atoms with E-state index in [1.54, 1.807) is 26.2 Å². The van der Waals surface area contributed by atoms with E-state index >= 15 is 0 Å². The van der Waals surface area contributed by atoms with Gasteiger partial charge in [-0.2, -0.15) is 0 Å². The lowest BCUT2D eigenvalue weighted by molar-refractivity contribution is -0.127. The van der Waals surface area contributed by atoms with E-state index in [0.717, 1.165) is 5.56 Å².